The van der Waals surface area contributed by atoms with E-state index in [-0.39, 0.29) is 11.4 Å². The van der Waals surface area contributed by atoms with Crippen LogP contribution in [0.15, 0.2) is 28.8 Å². The van der Waals surface area contributed by atoms with Crippen molar-refractivity contribution in [2.75, 3.05) is 6.54 Å². The third-order valence-corrected chi connectivity index (χ3v) is 2.99. The number of nitrogens with one attached hydrogen (secondary N) is 1. The molecule has 20 heavy (non-hydrogen) atoms. The molecule has 1 heterocycles. The summed E-state index contributed by atoms with van der Waals surface area (Å²) >= 11 is 0. The fourth-order valence-electron chi connectivity index (χ4n) is 1.90. The van der Waals surface area contributed by atoms with Crippen LogP contribution in [0.3, 0.4) is 0 Å². The van der Waals surface area contributed by atoms with Gasteiger partial charge in [-0.25, -0.2) is 9.37 Å². The highest BCUT2D eigenvalue weighted by atomic mass is 19.1. The summed E-state index contributed by atoms with van der Waals surface area (Å²) in [4.78, 5) is 4.26. The molecule has 0 saturated carbocycles. The number of halogens is 1. The van der Waals surface area contributed by atoms with Crippen LogP contribution in [0.4, 0.5) is 4.39 Å². The Labute approximate surface area is 119 Å². The quantitative estimate of drug-likeness (QED) is 0.925. The molecule has 0 spiro atoms. The first-order valence-electron chi connectivity index (χ1n) is 6.81. The van der Waals surface area contributed by atoms with E-state index in [1.165, 1.54) is 6.07 Å². The summed E-state index contributed by atoms with van der Waals surface area (Å²) in [6, 6.07) is 4.93. The normalized spacial score (nSPS) is 11.8. The maximum absolute atomic E-state index is 13.2. The lowest BCUT2D eigenvalue weighted by Crippen LogP contribution is -2.37. The van der Waals surface area contributed by atoms with Crippen molar-refractivity contribution < 1.29 is 8.81 Å². The number of oxazole rings is 1. The van der Waals surface area contributed by atoms with Gasteiger partial charge in [0.2, 0.25) is 0 Å². The second-order valence-corrected chi connectivity index (χ2v) is 6.01. The highest BCUT2D eigenvalue weighted by Gasteiger charge is 2.11. The van der Waals surface area contributed by atoms with E-state index in [2.05, 4.69) is 31.1 Å². The molecule has 0 aliphatic heterocycles. The van der Waals surface area contributed by atoms with Gasteiger partial charge >= 0.3 is 0 Å². The fourth-order valence-corrected chi connectivity index (χ4v) is 1.90. The smallest absolute Gasteiger partial charge is 0.196 e. The average molecular weight is 276 g/mol. The van der Waals surface area contributed by atoms with Gasteiger partial charge in [0.1, 0.15) is 5.82 Å². The van der Waals surface area contributed by atoms with Crippen molar-refractivity contribution in [1.82, 2.24) is 10.3 Å². The molecule has 1 aromatic carbocycles. The van der Waals surface area contributed by atoms with E-state index in [1.54, 1.807) is 25.3 Å². The minimum Gasteiger partial charge on any atom is -0.441 e. The largest absolute Gasteiger partial charge is 0.441 e. The maximum Gasteiger partial charge on any atom is 0.196 e. The number of benzene rings is 1. The van der Waals surface area contributed by atoms with Crippen molar-refractivity contribution in [3.8, 4) is 11.3 Å². The summed E-state index contributed by atoms with van der Waals surface area (Å²) in [7, 11) is 0. The van der Waals surface area contributed by atoms with Gasteiger partial charge in [0.15, 0.2) is 11.7 Å². The fraction of sp³-hybridized carbons (Fsp3) is 0.438. The zero-order valence-electron chi connectivity index (χ0n) is 12.5. The number of aromatic nitrogens is 1. The van der Waals surface area contributed by atoms with Gasteiger partial charge < -0.3 is 9.73 Å². The molecule has 0 radical (unpaired) electrons. The number of hydrogen-bond acceptors (Lipinski definition) is 3. The van der Waals surface area contributed by atoms with Gasteiger partial charge in [-0.3, -0.25) is 0 Å². The molecule has 1 aromatic heterocycles. The molecule has 0 fully saturated rings. The van der Waals surface area contributed by atoms with Crippen molar-refractivity contribution in [3.63, 3.8) is 0 Å². The summed E-state index contributed by atoms with van der Waals surface area (Å²) in [6.07, 6.45) is 2.43. The van der Waals surface area contributed by atoms with Crippen molar-refractivity contribution in [3.05, 3.63) is 41.7 Å². The molecule has 0 atom stereocenters. The minimum absolute atomic E-state index is 0.0868. The Hall–Kier alpha value is -1.68. The number of rotatable bonds is 4. The summed E-state index contributed by atoms with van der Waals surface area (Å²) in [5.41, 5.74) is 1.55. The second kappa shape index (κ2) is 5.75. The lowest BCUT2D eigenvalue weighted by atomic mass is 10.1. The van der Waals surface area contributed by atoms with Gasteiger partial charge in [0.05, 0.1) is 6.20 Å². The molecule has 3 nitrogen and oxygen atoms in total. The van der Waals surface area contributed by atoms with Crippen LogP contribution in [-0.4, -0.2) is 17.1 Å². The third kappa shape index (κ3) is 3.90. The van der Waals surface area contributed by atoms with Gasteiger partial charge in [-0.1, -0.05) is 0 Å². The first-order chi connectivity index (χ1) is 9.35. The van der Waals surface area contributed by atoms with Crippen molar-refractivity contribution >= 4 is 0 Å². The Balaban J connectivity index is 2.03. The predicted molar refractivity (Wildman–Crippen MR) is 78.1 cm³/mol. The van der Waals surface area contributed by atoms with Crippen molar-refractivity contribution in [1.29, 1.82) is 0 Å². The Morgan fingerprint density at radius 3 is 2.70 bits per heavy atom. The van der Waals surface area contributed by atoms with Gasteiger partial charge in [0.25, 0.3) is 0 Å². The van der Waals surface area contributed by atoms with Crippen LogP contribution >= 0.6 is 0 Å². The predicted octanol–water partition coefficient (Wildman–Crippen LogP) is 3.72. The number of aryl methyl sites for hydroxylation is 1. The van der Waals surface area contributed by atoms with Gasteiger partial charge in [-0.2, -0.15) is 0 Å². The molecule has 0 aliphatic carbocycles. The lowest BCUT2D eigenvalue weighted by molar-refractivity contribution is 0.412. The summed E-state index contributed by atoms with van der Waals surface area (Å²) < 4.78 is 18.9. The molecule has 0 bridgehead atoms. The molecule has 4 heteroatoms. The minimum atomic E-state index is -0.206. The number of nitrogens with zero attached hydrogens (tertiary/aromatic N) is 1. The van der Waals surface area contributed by atoms with Gasteiger partial charge in [-0.15, -0.1) is 0 Å². The highest BCUT2D eigenvalue weighted by Crippen LogP contribution is 2.22. The summed E-state index contributed by atoms with van der Waals surface area (Å²) in [5, 5.41) is 3.39. The van der Waals surface area contributed by atoms with Crippen LogP contribution in [-0.2, 0) is 6.42 Å². The molecule has 0 unspecified atom stereocenters. The van der Waals surface area contributed by atoms with Crippen molar-refractivity contribution in [2.45, 2.75) is 39.7 Å². The van der Waals surface area contributed by atoms with Crippen molar-refractivity contribution in [2.24, 2.45) is 0 Å². The highest BCUT2D eigenvalue weighted by molar-refractivity contribution is 5.57. The molecular formula is C16H21FN2O. The van der Waals surface area contributed by atoms with E-state index >= 15 is 0 Å². The summed E-state index contributed by atoms with van der Waals surface area (Å²) in [6.45, 7) is 8.91. The van der Waals surface area contributed by atoms with E-state index < -0.39 is 0 Å². The second-order valence-electron chi connectivity index (χ2n) is 6.01. The topological polar surface area (TPSA) is 38.1 Å². The third-order valence-electron chi connectivity index (χ3n) is 2.99. The molecule has 2 aromatic rings. The van der Waals surface area contributed by atoms with Gasteiger partial charge in [-0.05, 0) is 51.5 Å². The van der Waals surface area contributed by atoms with E-state index in [0.29, 0.717) is 17.2 Å². The van der Waals surface area contributed by atoms with Crippen LogP contribution < -0.4 is 5.32 Å². The van der Waals surface area contributed by atoms with Crippen LogP contribution in [0.25, 0.3) is 11.3 Å². The average Bonchev–Trinajstić information content (AvgIpc) is 2.80. The number of hydrogen-bond donors (Lipinski definition) is 1. The zero-order chi connectivity index (χ0) is 14.8. The van der Waals surface area contributed by atoms with Crippen LogP contribution in [0.2, 0.25) is 0 Å². The Morgan fingerprint density at radius 1 is 1.30 bits per heavy atom. The van der Waals surface area contributed by atoms with E-state index in [0.717, 1.165) is 18.5 Å². The van der Waals surface area contributed by atoms with Gasteiger partial charge in [0, 0.05) is 24.1 Å². The van der Waals surface area contributed by atoms with E-state index in [1.807, 2.05) is 0 Å². The molecular weight excluding hydrogens is 255 g/mol. The monoisotopic (exact) mass is 276 g/mol. The first-order valence-corrected chi connectivity index (χ1v) is 6.81. The molecule has 0 saturated heterocycles. The SMILES string of the molecule is Cc1cc(-c2cnc(CCNC(C)(C)C)o2)ccc1F. The molecule has 108 valence electrons. The molecule has 0 amide bonds. The van der Waals surface area contributed by atoms with E-state index in [4.69, 9.17) is 4.42 Å². The standard InChI is InChI=1S/C16H21FN2O/c1-11-9-12(5-6-13(11)17)14-10-18-15(20-14)7-8-19-16(2,3)4/h5-6,9-10,19H,7-8H2,1-4H3. The zero-order valence-corrected chi connectivity index (χ0v) is 12.5. The molecule has 0 aliphatic rings. The Bertz CT molecular complexity index is 584. The van der Waals surface area contributed by atoms with Crippen LogP contribution in [0.5, 0.6) is 0 Å². The van der Waals surface area contributed by atoms with E-state index in [9.17, 15) is 4.39 Å². The maximum atomic E-state index is 13.2. The molecule has 2 rings (SSSR count). The molecule has 1 N–H and O–H groups in total. The Kier molecular flexibility index (Phi) is 4.23. The Morgan fingerprint density at radius 2 is 2.05 bits per heavy atom. The summed E-state index contributed by atoms with van der Waals surface area (Å²) in [5.74, 6) is 1.17. The van der Waals surface area contributed by atoms with Crippen LogP contribution in [0.1, 0.15) is 32.2 Å². The van der Waals surface area contributed by atoms with Crippen LogP contribution in [0, 0.1) is 12.7 Å². The first kappa shape index (κ1) is 14.7. The lowest BCUT2D eigenvalue weighted by Gasteiger charge is -2.19.